The SMILES string of the molecule is CC1(C)CCCC(NCC2(CO)CCCC2)C1. The van der Waals surface area contributed by atoms with Crippen LogP contribution < -0.4 is 5.32 Å². The van der Waals surface area contributed by atoms with E-state index in [4.69, 9.17) is 0 Å². The summed E-state index contributed by atoms with van der Waals surface area (Å²) in [7, 11) is 0. The largest absolute Gasteiger partial charge is 0.396 e. The molecule has 0 bridgehead atoms. The summed E-state index contributed by atoms with van der Waals surface area (Å²) in [4.78, 5) is 0. The molecule has 17 heavy (non-hydrogen) atoms. The maximum absolute atomic E-state index is 9.61. The van der Waals surface area contributed by atoms with E-state index in [1.807, 2.05) is 0 Å². The molecule has 0 aromatic rings. The van der Waals surface area contributed by atoms with Crippen molar-refractivity contribution in [3.63, 3.8) is 0 Å². The molecule has 100 valence electrons. The minimum Gasteiger partial charge on any atom is -0.396 e. The van der Waals surface area contributed by atoms with Gasteiger partial charge in [0.2, 0.25) is 0 Å². The van der Waals surface area contributed by atoms with Crippen molar-refractivity contribution in [1.82, 2.24) is 5.32 Å². The second-order valence-corrected chi connectivity index (χ2v) is 7.20. The quantitative estimate of drug-likeness (QED) is 0.790. The maximum Gasteiger partial charge on any atom is 0.0499 e. The van der Waals surface area contributed by atoms with Crippen LogP contribution in [0.3, 0.4) is 0 Å². The number of hydrogen-bond donors (Lipinski definition) is 2. The van der Waals surface area contributed by atoms with Crippen LogP contribution in [-0.4, -0.2) is 24.3 Å². The predicted octanol–water partition coefficient (Wildman–Crippen LogP) is 3.10. The standard InChI is InChI=1S/C15H29NO/c1-14(2)7-5-6-13(10-14)16-11-15(12-17)8-3-4-9-15/h13,16-17H,3-12H2,1-2H3. The van der Waals surface area contributed by atoms with Crippen LogP contribution in [0.15, 0.2) is 0 Å². The fraction of sp³-hybridized carbons (Fsp3) is 1.00. The van der Waals surface area contributed by atoms with Crippen LogP contribution in [0.1, 0.15) is 65.2 Å². The van der Waals surface area contributed by atoms with Crippen molar-refractivity contribution < 1.29 is 5.11 Å². The third kappa shape index (κ3) is 3.45. The van der Waals surface area contributed by atoms with E-state index < -0.39 is 0 Å². The summed E-state index contributed by atoms with van der Waals surface area (Å²) in [6.45, 7) is 6.18. The topological polar surface area (TPSA) is 32.3 Å². The zero-order chi connectivity index (χ0) is 12.4. The average Bonchev–Trinajstić information content (AvgIpc) is 2.75. The minimum atomic E-state index is 0.210. The lowest BCUT2D eigenvalue weighted by atomic mass is 9.75. The Morgan fingerprint density at radius 1 is 1.12 bits per heavy atom. The van der Waals surface area contributed by atoms with Crippen LogP contribution in [0, 0.1) is 10.8 Å². The normalized spacial score (nSPS) is 31.6. The Kier molecular flexibility index (Phi) is 4.14. The monoisotopic (exact) mass is 239 g/mol. The first kappa shape index (κ1) is 13.4. The molecule has 2 fully saturated rings. The summed E-state index contributed by atoms with van der Waals surface area (Å²) in [6, 6.07) is 0.683. The van der Waals surface area contributed by atoms with Gasteiger partial charge in [-0.15, -0.1) is 0 Å². The number of aliphatic hydroxyl groups is 1. The van der Waals surface area contributed by atoms with Gasteiger partial charge in [-0.25, -0.2) is 0 Å². The van der Waals surface area contributed by atoms with Gasteiger partial charge in [0.1, 0.15) is 0 Å². The lowest BCUT2D eigenvalue weighted by Gasteiger charge is -2.38. The molecule has 2 saturated carbocycles. The zero-order valence-electron chi connectivity index (χ0n) is 11.6. The molecule has 0 spiro atoms. The van der Waals surface area contributed by atoms with E-state index >= 15 is 0 Å². The molecular formula is C15H29NO. The van der Waals surface area contributed by atoms with Crippen LogP contribution >= 0.6 is 0 Å². The molecule has 2 nitrogen and oxygen atoms in total. The molecule has 2 rings (SSSR count). The molecule has 0 saturated heterocycles. The lowest BCUT2D eigenvalue weighted by Crippen LogP contribution is -2.43. The van der Waals surface area contributed by atoms with Crippen molar-refractivity contribution in [2.45, 2.75) is 71.3 Å². The highest BCUT2D eigenvalue weighted by Gasteiger charge is 2.35. The molecule has 1 unspecified atom stereocenters. The molecule has 1 atom stereocenters. The lowest BCUT2D eigenvalue weighted by molar-refractivity contribution is 0.113. The summed E-state index contributed by atoms with van der Waals surface area (Å²) < 4.78 is 0. The van der Waals surface area contributed by atoms with E-state index in [-0.39, 0.29) is 5.41 Å². The van der Waals surface area contributed by atoms with Crippen molar-refractivity contribution in [3.05, 3.63) is 0 Å². The van der Waals surface area contributed by atoms with E-state index in [9.17, 15) is 5.11 Å². The van der Waals surface area contributed by atoms with Crippen LogP contribution in [0.25, 0.3) is 0 Å². The van der Waals surface area contributed by atoms with Crippen molar-refractivity contribution >= 4 is 0 Å². The highest BCUT2D eigenvalue weighted by Crippen LogP contribution is 2.39. The molecule has 0 amide bonds. The fourth-order valence-corrected chi connectivity index (χ4v) is 3.75. The Bertz CT molecular complexity index is 243. The van der Waals surface area contributed by atoms with Crippen LogP contribution in [0.4, 0.5) is 0 Å². The van der Waals surface area contributed by atoms with Gasteiger partial charge in [0.05, 0.1) is 0 Å². The number of hydrogen-bond acceptors (Lipinski definition) is 2. The third-order valence-corrected chi connectivity index (χ3v) is 4.97. The fourth-order valence-electron chi connectivity index (χ4n) is 3.75. The van der Waals surface area contributed by atoms with Gasteiger partial charge in [0, 0.05) is 24.6 Å². The van der Waals surface area contributed by atoms with Crippen molar-refractivity contribution in [3.8, 4) is 0 Å². The highest BCUT2D eigenvalue weighted by atomic mass is 16.3. The molecule has 0 aromatic heterocycles. The first-order valence-corrected chi connectivity index (χ1v) is 7.40. The van der Waals surface area contributed by atoms with E-state index in [1.165, 1.54) is 51.4 Å². The Morgan fingerprint density at radius 3 is 2.41 bits per heavy atom. The summed E-state index contributed by atoms with van der Waals surface area (Å²) in [5.41, 5.74) is 0.722. The zero-order valence-corrected chi connectivity index (χ0v) is 11.6. The Balaban J connectivity index is 1.81. The van der Waals surface area contributed by atoms with Gasteiger partial charge in [0.25, 0.3) is 0 Å². The average molecular weight is 239 g/mol. The predicted molar refractivity (Wildman–Crippen MR) is 72.0 cm³/mol. The molecule has 0 heterocycles. The van der Waals surface area contributed by atoms with Gasteiger partial charge in [-0.2, -0.15) is 0 Å². The number of aliphatic hydroxyl groups excluding tert-OH is 1. The van der Waals surface area contributed by atoms with Crippen molar-refractivity contribution in [2.24, 2.45) is 10.8 Å². The van der Waals surface area contributed by atoms with Gasteiger partial charge in [0.15, 0.2) is 0 Å². The molecule has 2 heteroatoms. The van der Waals surface area contributed by atoms with E-state index in [2.05, 4.69) is 19.2 Å². The molecule has 0 radical (unpaired) electrons. The number of nitrogens with one attached hydrogen (secondary N) is 1. The van der Waals surface area contributed by atoms with Gasteiger partial charge < -0.3 is 10.4 Å². The summed E-state index contributed by atoms with van der Waals surface area (Å²) in [5.74, 6) is 0. The smallest absolute Gasteiger partial charge is 0.0499 e. The van der Waals surface area contributed by atoms with E-state index in [1.54, 1.807) is 0 Å². The Labute approximate surface area is 106 Å². The van der Waals surface area contributed by atoms with Gasteiger partial charge in [-0.05, 0) is 37.5 Å². The molecular weight excluding hydrogens is 210 g/mol. The maximum atomic E-state index is 9.61. The highest BCUT2D eigenvalue weighted by molar-refractivity contribution is 4.89. The molecule has 0 aliphatic heterocycles. The van der Waals surface area contributed by atoms with Crippen LogP contribution in [0.5, 0.6) is 0 Å². The summed E-state index contributed by atoms with van der Waals surface area (Å²) in [6.07, 6.45) is 10.4. The Hall–Kier alpha value is -0.0800. The summed E-state index contributed by atoms with van der Waals surface area (Å²) >= 11 is 0. The van der Waals surface area contributed by atoms with E-state index in [0.717, 1.165) is 6.54 Å². The van der Waals surface area contributed by atoms with Gasteiger partial charge in [-0.3, -0.25) is 0 Å². The molecule has 2 aliphatic rings. The van der Waals surface area contributed by atoms with Crippen LogP contribution in [0.2, 0.25) is 0 Å². The van der Waals surface area contributed by atoms with Gasteiger partial charge in [-0.1, -0.05) is 33.1 Å². The van der Waals surface area contributed by atoms with Crippen molar-refractivity contribution in [2.75, 3.05) is 13.2 Å². The Morgan fingerprint density at radius 2 is 1.82 bits per heavy atom. The van der Waals surface area contributed by atoms with E-state index in [0.29, 0.717) is 18.1 Å². The van der Waals surface area contributed by atoms with Crippen LogP contribution in [-0.2, 0) is 0 Å². The summed E-state index contributed by atoms with van der Waals surface area (Å²) in [5, 5.41) is 13.4. The van der Waals surface area contributed by atoms with Crippen molar-refractivity contribution in [1.29, 1.82) is 0 Å². The molecule has 2 N–H and O–H groups in total. The van der Waals surface area contributed by atoms with Gasteiger partial charge >= 0.3 is 0 Å². The minimum absolute atomic E-state index is 0.210. The third-order valence-electron chi connectivity index (χ3n) is 4.97. The molecule has 2 aliphatic carbocycles. The number of rotatable bonds is 4. The first-order valence-electron chi connectivity index (χ1n) is 7.40. The second kappa shape index (κ2) is 5.27. The second-order valence-electron chi connectivity index (χ2n) is 7.20. The first-order chi connectivity index (χ1) is 8.05. The molecule has 0 aromatic carbocycles.